The summed E-state index contributed by atoms with van der Waals surface area (Å²) in [5, 5.41) is 5.00. The Morgan fingerprint density at radius 3 is 1.70 bits per heavy atom. The van der Waals surface area contributed by atoms with Crippen LogP contribution in [0.15, 0.2) is 182 Å². The summed E-state index contributed by atoms with van der Waals surface area (Å²) in [7, 11) is 0. The van der Waals surface area contributed by atoms with E-state index in [0.29, 0.717) is 5.82 Å². The van der Waals surface area contributed by atoms with Gasteiger partial charge in [-0.1, -0.05) is 190 Å². The number of aromatic nitrogens is 2. The molecule has 0 aliphatic heterocycles. The van der Waals surface area contributed by atoms with E-state index in [9.17, 15) is 0 Å². The predicted molar refractivity (Wildman–Crippen MR) is 222 cm³/mol. The van der Waals surface area contributed by atoms with Gasteiger partial charge in [0, 0.05) is 22.1 Å². The van der Waals surface area contributed by atoms with E-state index in [1.54, 1.807) is 0 Å². The number of nitrogens with zero attached hydrogens (tertiary/aromatic N) is 2. The van der Waals surface area contributed by atoms with Crippen molar-refractivity contribution in [1.29, 1.82) is 0 Å². The molecule has 0 saturated carbocycles. The molecule has 0 N–H and O–H groups in total. The lowest BCUT2D eigenvalue weighted by Gasteiger charge is -2.23. The lowest BCUT2D eigenvalue weighted by molar-refractivity contribution is 0.666. The first kappa shape index (κ1) is 31.1. The van der Waals surface area contributed by atoms with Crippen LogP contribution < -0.4 is 0 Å². The van der Waals surface area contributed by atoms with Gasteiger partial charge < -0.3 is 0 Å². The fourth-order valence-corrected chi connectivity index (χ4v) is 8.55. The first-order valence-corrected chi connectivity index (χ1v) is 18.3. The number of fused-ring (bicyclic) bond motifs is 6. The average Bonchev–Trinajstić information content (AvgIpc) is 3.47. The molecule has 2 heteroatoms. The van der Waals surface area contributed by atoms with E-state index in [4.69, 9.17) is 9.97 Å². The van der Waals surface area contributed by atoms with Crippen LogP contribution in [0.2, 0.25) is 0 Å². The molecule has 0 radical (unpaired) electrons. The monoisotopic (exact) mass is 676 g/mol. The highest BCUT2D eigenvalue weighted by Crippen LogP contribution is 2.55. The molecule has 53 heavy (non-hydrogen) atoms. The Hall–Kier alpha value is -6.64. The van der Waals surface area contributed by atoms with Gasteiger partial charge in [0.1, 0.15) is 0 Å². The van der Waals surface area contributed by atoms with Gasteiger partial charge in [-0.25, -0.2) is 9.97 Å². The molecule has 0 bridgehead atoms. The third-order valence-corrected chi connectivity index (χ3v) is 11.1. The summed E-state index contributed by atoms with van der Waals surface area (Å²) in [6, 6.07) is 65.3. The maximum absolute atomic E-state index is 5.28. The SMILES string of the molecule is CC1(C)c2cccc(-c3ccc(-c4cc(-c5ccccc5)nc(-c5ccc(-c6ccccc6)cc5)n4)c4ccccc34)c2-c2ccc3ccccc3c21. The Balaban J connectivity index is 1.15. The largest absolute Gasteiger partial charge is 0.228 e. The maximum atomic E-state index is 5.28. The number of benzene rings is 8. The van der Waals surface area contributed by atoms with E-state index in [1.807, 2.05) is 12.1 Å². The van der Waals surface area contributed by atoms with Crippen molar-refractivity contribution in [1.82, 2.24) is 9.97 Å². The van der Waals surface area contributed by atoms with Gasteiger partial charge in [0.05, 0.1) is 11.4 Å². The van der Waals surface area contributed by atoms with Crippen LogP contribution in [0.25, 0.3) is 88.8 Å². The molecule has 1 heterocycles. The zero-order valence-electron chi connectivity index (χ0n) is 29.7. The number of hydrogen-bond acceptors (Lipinski definition) is 2. The van der Waals surface area contributed by atoms with Gasteiger partial charge in [-0.15, -0.1) is 0 Å². The molecular weight excluding hydrogens is 641 g/mol. The van der Waals surface area contributed by atoms with E-state index in [2.05, 4.69) is 184 Å². The lowest BCUT2D eigenvalue weighted by Crippen LogP contribution is -2.15. The Kier molecular flexibility index (Phi) is 7.19. The van der Waals surface area contributed by atoms with Crippen LogP contribution in [0.3, 0.4) is 0 Å². The van der Waals surface area contributed by atoms with Crippen LogP contribution in [0.4, 0.5) is 0 Å². The topological polar surface area (TPSA) is 25.8 Å². The fraction of sp³-hybridized carbons (Fsp3) is 0.0588. The highest BCUT2D eigenvalue weighted by molar-refractivity contribution is 6.09. The van der Waals surface area contributed by atoms with Gasteiger partial charge in [-0.05, 0) is 72.1 Å². The molecule has 250 valence electrons. The first-order chi connectivity index (χ1) is 26.0. The van der Waals surface area contributed by atoms with Crippen LogP contribution in [0.5, 0.6) is 0 Å². The third kappa shape index (κ3) is 5.10. The fourth-order valence-electron chi connectivity index (χ4n) is 8.55. The molecule has 0 spiro atoms. The van der Waals surface area contributed by atoms with Crippen molar-refractivity contribution < 1.29 is 0 Å². The van der Waals surface area contributed by atoms with Crippen molar-refractivity contribution in [3.05, 3.63) is 193 Å². The van der Waals surface area contributed by atoms with E-state index >= 15 is 0 Å². The summed E-state index contributed by atoms with van der Waals surface area (Å²) >= 11 is 0. The van der Waals surface area contributed by atoms with Crippen LogP contribution in [0, 0.1) is 0 Å². The van der Waals surface area contributed by atoms with Crippen molar-refractivity contribution in [2.45, 2.75) is 19.3 Å². The van der Waals surface area contributed by atoms with E-state index in [1.165, 1.54) is 66.1 Å². The molecule has 0 atom stereocenters. The normalized spacial score (nSPS) is 12.9. The first-order valence-electron chi connectivity index (χ1n) is 18.3. The second-order valence-electron chi connectivity index (χ2n) is 14.5. The molecule has 8 aromatic carbocycles. The van der Waals surface area contributed by atoms with E-state index in [0.717, 1.165) is 28.1 Å². The molecule has 1 aliphatic rings. The summed E-state index contributed by atoms with van der Waals surface area (Å²) in [5.41, 5.74) is 15.1. The Bertz CT molecular complexity index is 2830. The Morgan fingerprint density at radius 2 is 0.943 bits per heavy atom. The van der Waals surface area contributed by atoms with Crippen molar-refractivity contribution in [3.8, 4) is 67.3 Å². The van der Waals surface area contributed by atoms with Gasteiger partial charge in [0.15, 0.2) is 5.82 Å². The van der Waals surface area contributed by atoms with Crippen LogP contribution >= 0.6 is 0 Å². The van der Waals surface area contributed by atoms with Gasteiger partial charge in [0.25, 0.3) is 0 Å². The van der Waals surface area contributed by atoms with Crippen molar-refractivity contribution in [3.63, 3.8) is 0 Å². The predicted octanol–water partition coefficient (Wildman–Crippen LogP) is 13.4. The Morgan fingerprint density at radius 1 is 0.377 bits per heavy atom. The van der Waals surface area contributed by atoms with Gasteiger partial charge >= 0.3 is 0 Å². The minimum Gasteiger partial charge on any atom is -0.228 e. The summed E-state index contributed by atoms with van der Waals surface area (Å²) in [6.45, 7) is 4.75. The van der Waals surface area contributed by atoms with Gasteiger partial charge in [-0.3, -0.25) is 0 Å². The molecule has 0 amide bonds. The molecular formula is C51H36N2. The van der Waals surface area contributed by atoms with Gasteiger partial charge in [-0.2, -0.15) is 0 Å². The summed E-state index contributed by atoms with van der Waals surface area (Å²) in [6.07, 6.45) is 0. The molecule has 2 nitrogen and oxygen atoms in total. The minimum absolute atomic E-state index is 0.123. The van der Waals surface area contributed by atoms with E-state index in [-0.39, 0.29) is 5.41 Å². The zero-order valence-corrected chi connectivity index (χ0v) is 29.7. The smallest absolute Gasteiger partial charge is 0.160 e. The van der Waals surface area contributed by atoms with Crippen LogP contribution in [-0.2, 0) is 5.41 Å². The third-order valence-electron chi connectivity index (χ3n) is 11.1. The second kappa shape index (κ2) is 12.3. The van der Waals surface area contributed by atoms with Crippen molar-refractivity contribution >= 4 is 21.5 Å². The lowest BCUT2D eigenvalue weighted by atomic mass is 9.80. The summed E-state index contributed by atoms with van der Waals surface area (Å²) in [5.74, 6) is 0.709. The number of hydrogen-bond donors (Lipinski definition) is 0. The number of rotatable bonds is 5. The molecule has 1 aromatic heterocycles. The van der Waals surface area contributed by atoms with Crippen molar-refractivity contribution in [2.75, 3.05) is 0 Å². The standard InChI is InChI=1S/C51H36N2/c1-51(2)45-23-13-22-43(48(45)44-29-28-35-16-9-10-19-38(35)49(44)51)41-30-31-42(40-21-12-11-20-39(40)41)47-32-46(36-17-7-4-8-18-36)52-50(53-47)37-26-24-34(25-27-37)33-14-5-3-6-15-33/h3-32H,1-2H3. The molecule has 0 saturated heterocycles. The molecule has 1 aliphatic carbocycles. The van der Waals surface area contributed by atoms with Crippen molar-refractivity contribution in [2.24, 2.45) is 0 Å². The Labute approximate surface area is 310 Å². The second-order valence-corrected chi connectivity index (χ2v) is 14.5. The maximum Gasteiger partial charge on any atom is 0.160 e. The molecule has 10 rings (SSSR count). The molecule has 0 unspecified atom stereocenters. The zero-order chi connectivity index (χ0) is 35.5. The highest BCUT2D eigenvalue weighted by atomic mass is 14.9. The summed E-state index contributed by atoms with van der Waals surface area (Å²) in [4.78, 5) is 10.4. The molecule has 0 fully saturated rings. The highest BCUT2D eigenvalue weighted by Gasteiger charge is 2.38. The quantitative estimate of drug-likeness (QED) is 0.181. The van der Waals surface area contributed by atoms with Crippen LogP contribution in [0.1, 0.15) is 25.0 Å². The van der Waals surface area contributed by atoms with Crippen LogP contribution in [-0.4, -0.2) is 9.97 Å². The van der Waals surface area contributed by atoms with Gasteiger partial charge in [0.2, 0.25) is 0 Å². The molecule has 9 aromatic rings. The van der Waals surface area contributed by atoms with E-state index < -0.39 is 0 Å². The minimum atomic E-state index is -0.123. The average molecular weight is 677 g/mol. The summed E-state index contributed by atoms with van der Waals surface area (Å²) < 4.78 is 0.